The van der Waals surface area contributed by atoms with Crippen molar-refractivity contribution in [2.45, 2.75) is 17.2 Å². The second-order valence-electron chi connectivity index (χ2n) is 7.07. The fraction of sp³-hybridized carbons (Fsp3) is 0.0435. The van der Waals surface area contributed by atoms with Crippen molar-refractivity contribution in [2.75, 3.05) is 10.6 Å². The molecule has 2 aromatic carbocycles. The summed E-state index contributed by atoms with van der Waals surface area (Å²) in [6.07, 6.45) is 4.80. The second kappa shape index (κ2) is 9.05. The first-order chi connectivity index (χ1) is 16.1. The molecule has 0 aliphatic heterocycles. The van der Waals surface area contributed by atoms with Gasteiger partial charge in [0, 0.05) is 29.2 Å². The van der Waals surface area contributed by atoms with Gasteiger partial charge >= 0.3 is 6.03 Å². The molecule has 0 spiro atoms. The monoisotopic (exact) mass is 455 g/mol. The maximum absolute atomic E-state index is 12.4. The number of aromatic nitrogens is 5. The minimum atomic E-state index is -0.345. The molecule has 162 valence electrons. The molecule has 9 nitrogen and oxygen atoms in total. The van der Waals surface area contributed by atoms with Gasteiger partial charge in [0.15, 0.2) is 0 Å². The van der Waals surface area contributed by atoms with Crippen LogP contribution >= 0.6 is 11.8 Å². The fourth-order valence-electron chi connectivity index (χ4n) is 3.06. The Morgan fingerprint density at radius 3 is 2.61 bits per heavy atom. The van der Waals surface area contributed by atoms with Crippen molar-refractivity contribution in [3.63, 3.8) is 0 Å². The summed E-state index contributed by atoms with van der Waals surface area (Å²) in [6, 6.07) is 16.3. The summed E-state index contributed by atoms with van der Waals surface area (Å²) in [5.41, 5.74) is 3.89. The molecule has 0 saturated heterocycles. The topological polar surface area (TPSA) is 119 Å². The Morgan fingerprint density at radius 1 is 0.970 bits per heavy atom. The van der Waals surface area contributed by atoms with E-state index >= 15 is 0 Å². The average molecular weight is 456 g/mol. The van der Waals surface area contributed by atoms with Gasteiger partial charge in [-0.2, -0.15) is 0 Å². The van der Waals surface area contributed by atoms with Crippen molar-refractivity contribution in [3.05, 3.63) is 78.9 Å². The number of anilines is 2. The van der Waals surface area contributed by atoms with E-state index in [1.54, 1.807) is 24.5 Å². The maximum Gasteiger partial charge on any atom is 0.323 e. The van der Waals surface area contributed by atoms with Crippen LogP contribution in [0.1, 0.15) is 5.56 Å². The standard InChI is InChI=1S/C23H17N7O2S/c1-14-4-6-16(7-5-14)27-22(31)28-17-8-9-19-18(11-17)21(26-13-25-19)33-23-30-29-20(32-23)15-3-2-10-24-12-15/h2-13H,1H3,(H2,27,28,31). The number of urea groups is 1. The summed E-state index contributed by atoms with van der Waals surface area (Å²) in [7, 11) is 0. The molecule has 2 amide bonds. The highest BCUT2D eigenvalue weighted by atomic mass is 32.2. The molecule has 5 rings (SSSR count). The molecule has 0 aliphatic rings. The van der Waals surface area contributed by atoms with E-state index in [9.17, 15) is 4.79 Å². The van der Waals surface area contributed by atoms with Crippen LogP contribution in [-0.2, 0) is 0 Å². The van der Waals surface area contributed by atoms with Crippen LogP contribution in [0, 0.1) is 6.92 Å². The lowest BCUT2D eigenvalue weighted by molar-refractivity contribution is 0.262. The first kappa shape index (κ1) is 20.6. The molecule has 0 atom stereocenters. The Hall–Kier alpha value is -4.31. The Kier molecular flexibility index (Phi) is 5.64. The third-order valence-corrected chi connectivity index (χ3v) is 5.52. The molecular formula is C23H17N7O2S. The van der Waals surface area contributed by atoms with Gasteiger partial charge in [0.2, 0.25) is 5.89 Å². The number of pyridine rings is 1. The Morgan fingerprint density at radius 2 is 1.79 bits per heavy atom. The first-order valence-electron chi connectivity index (χ1n) is 9.95. The number of hydrogen-bond acceptors (Lipinski definition) is 8. The highest BCUT2D eigenvalue weighted by molar-refractivity contribution is 7.99. The van der Waals surface area contributed by atoms with Crippen molar-refractivity contribution >= 4 is 40.1 Å². The number of nitrogens with one attached hydrogen (secondary N) is 2. The Labute approximate surface area is 192 Å². The van der Waals surface area contributed by atoms with E-state index in [2.05, 4.69) is 35.8 Å². The van der Waals surface area contributed by atoms with Crippen molar-refractivity contribution < 1.29 is 9.21 Å². The Bertz CT molecular complexity index is 1420. The number of amides is 2. The molecule has 0 saturated carbocycles. The van der Waals surface area contributed by atoms with E-state index in [1.807, 2.05) is 49.4 Å². The summed E-state index contributed by atoms with van der Waals surface area (Å²) < 4.78 is 5.75. The molecule has 33 heavy (non-hydrogen) atoms. The third-order valence-electron chi connectivity index (χ3n) is 4.67. The second-order valence-corrected chi connectivity index (χ2v) is 8.01. The van der Waals surface area contributed by atoms with Crippen LogP contribution in [0.2, 0.25) is 0 Å². The van der Waals surface area contributed by atoms with Crippen LogP contribution in [0.3, 0.4) is 0 Å². The fourth-order valence-corrected chi connectivity index (χ4v) is 3.80. The van der Waals surface area contributed by atoms with Crippen molar-refractivity contribution in [1.82, 2.24) is 25.1 Å². The van der Waals surface area contributed by atoms with Crippen molar-refractivity contribution in [2.24, 2.45) is 0 Å². The predicted octanol–water partition coefficient (Wildman–Crippen LogP) is 5.18. The molecule has 3 aromatic heterocycles. The van der Waals surface area contributed by atoms with E-state index in [0.29, 0.717) is 27.5 Å². The van der Waals surface area contributed by atoms with Gasteiger partial charge in [-0.05, 0) is 61.2 Å². The van der Waals surface area contributed by atoms with Crippen LogP contribution in [0.25, 0.3) is 22.4 Å². The lowest BCUT2D eigenvalue weighted by atomic mass is 10.2. The minimum absolute atomic E-state index is 0.337. The van der Waals surface area contributed by atoms with Gasteiger partial charge in [-0.25, -0.2) is 14.8 Å². The quantitative estimate of drug-likeness (QED) is 0.348. The number of fused-ring (bicyclic) bond motifs is 1. The lowest BCUT2D eigenvalue weighted by Gasteiger charge is -2.09. The largest absolute Gasteiger partial charge is 0.411 e. The molecule has 2 N–H and O–H groups in total. The zero-order valence-electron chi connectivity index (χ0n) is 17.4. The van der Waals surface area contributed by atoms with Crippen LogP contribution in [0.5, 0.6) is 0 Å². The van der Waals surface area contributed by atoms with Crippen molar-refractivity contribution in [1.29, 1.82) is 0 Å². The molecule has 0 unspecified atom stereocenters. The Balaban J connectivity index is 1.35. The summed E-state index contributed by atoms with van der Waals surface area (Å²) >= 11 is 1.22. The van der Waals surface area contributed by atoms with Gasteiger partial charge in [0.1, 0.15) is 11.4 Å². The highest BCUT2D eigenvalue weighted by Gasteiger charge is 2.14. The van der Waals surface area contributed by atoms with Gasteiger partial charge in [-0.3, -0.25) is 4.98 Å². The maximum atomic E-state index is 12.4. The number of carbonyl (C=O) groups is 1. The van der Waals surface area contributed by atoms with Crippen LogP contribution in [0.4, 0.5) is 16.2 Å². The third kappa shape index (κ3) is 4.80. The molecule has 10 heteroatoms. The number of benzene rings is 2. The lowest BCUT2D eigenvalue weighted by Crippen LogP contribution is -2.19. The van der Waals surface area contributed by atoms with Crippen molar-refractivity contribution in [3.8, 4) is 11.5 Å². The molecule has 3 heterocycles. The molecule has 0 fully saturated rings. The highest BCUT2D eigenvalue weighted by Crippen LogP contribution is 2.32. The van der Waals surface area contributed by atoms with Crippen LogP contribution in [0.15, 0.2) is 88.0 Å². The molecule has 5 aromatic rings. The predicted molar refractivity (Wildman–Crippen MR) is 125 cm³/mol. The van der Waals surface area contributed by atoms with Gasteiger partial charge in [0.25, 0.3) is 5.22 Å². The SMILES string of the molecule is Cc1ccc(NC(=O)Nc2ccc3ncnc(Sc4nnc(-c5cccnc5)o4)c3c2)cc1. The number of rotatable bonds is 5. The summed E-state index contributed by atoms with van der Waals surface area (Å²) in [6.45, 7) is 1.99. The average Bonchev–Trinajstić information content (AvgIpc) is 3.30. The smallest absolute Gasteiger partial charge is 0.323 e. The van der Waals surface area contributed by atoms with Gasteiger partial charge in [0.05, 0.1) is 11.1 Å². The van der Waals surface area contributed by atoms with E-state index < -0.39 is 0 Å². The number of nitrogens with zero attached hydrogens (tertiary/aromatic N) is 5. The molecule has 0 aliphatic carbocycles. The van der Waals surface area contributed by atoms with E-state index in [-0.39, 0.29) is 6.03 Å². The van der Waals surface area contributed by atoms with Gasteiger partial charge in [-0.1, -0.05) is 17.7 Å². The van der Waals surface area contributed by atoms with E-state index in [0.717, 1.165) is 22.0 Å². The molecule has 0 bridgehead atoms. The number of aryl methyl sites for hydroxylation is 1. The summed E-state index contributed by atoms with van der Waals surface area (Å²) in [4.78, 5) is 25.2. The molecule has 0 radical (unpaired) electrons. The van der Waals surface area contributed by atoms with Crippen LogP contribution < -0.4 is 10.6 Å². The first-order valence-corrected chi connectivity index (χ1v) is 10.8. The van der Waals surface area contributed by atoms with E-state index in [1.165, 1.54) is 18.1 Å². The molecular weight excluding hydrogens is 438 g/mol. The zero-order chi connectivity index (χ0) is 22.6. The van der Waals surface area contributed by atoms with E-state index in [4.69, 9.17) is 4.42 Å². The zero-order valence-corrected chi connectivity index (χ0v) is 18.2. The summed E-state index contributed by atoms with van der Waals surface area (Å²) in [5, 5.41) is 15.5. The number of carbonyl (C=O) groups excluding carboxylic acids is 1. The normalized spacial score (nSPS) is 10.8. The minimum Gasteiger partial charge on any atom is -0.411 e. The number of hydrogen-bond donors (Lipinski definition) is 2. The van der Waals surface area contributed by atoms with Gasteiger partial charge in [-0.15, -0.1) is 10.2 Å². The summed E-state index contributed by atoms with van der Waals surface area (Å²) in [5.74, 6) is 0.374. The van der Waals surface area contributed by atoms with Crippen LogP contribution in [-0.4, -0.2) is 31.2 Å². The van der Waals surface area contributed by atoms with Gasteiger partial charge < -0.3 is 15.1 Å².